The Kier molecular flexibility index (Phi) is 4.30. The molecule has 0 fully saturated rings. The van der Waals surface area contributed by atoms with Gasteiger partial charge in [-0.15, -0.1) is 0 Å². The summed E-state index contributed by atoms with van der Waals surface area (Å²) in [5.41, 5.74) is -1.55. The highest BCUT2D eigenvalue weighted by Crippen LogP contribution is 2.23. The van der Waals surface area contributed by atoms with Crippen molar-refractivity contribution < 1.29 is 14.7 Å². The van der Waals surface area contributed by atoms with Crippen LogP contribution in [0.15, 0.2) is 73.3 Å². The lowest BCUT2D eigenvalue weighted by atomic mass is 9.93. The molecule has 0 aliphatic rings. The molecule has 2 aromatic rings. The Morgan fingerprint density at radius 3 is 2.05 bits per heavy atom. The van der Waals surface area contributed by atoms with Crippen LogP contribution < -0.4 is 5.32 Å². The predicted octanol–water partition coefficient (Wildman–Crippen LogP) is 2.02. The summed E-state index contributed by atoms with van der Waals surface area (Å²) in [6.07, 6.45) is 1.01. The average Bonchev–Trinajstić information content (AvgIpc) is 2.55. The van der Waals surface area contributed by atoms with Gasteiger partial charge in [0.15, 0.2) is 0 Å². The van der Waals surface area contributed by atoms with Crippen molar-refractivity contribution in [2.24, 2.45) is 0 Å². The van der Waals surface area contributed by atoms with Crippen LogP contribution in [0.4, 0.5) is 0 Å². The fourth-order valence-corrected chi connectivity index (χ4v) is 1.97. The quantitative estimate of drug-likeness (QED) is 0.500. The van der Waals surface area contributed by atoms with Crippen LogP contribution >= 0.6 is 0 Å². The molecule has 4 heteroatoms. The SMILES string of the molecule is C=CC(=O)NC(O)(C(=O)c1ccccc1)c1ccccc1. The normalized spacial score (nSPS) is 13.0. The van der Waals surface area contributed by atoms with E-state index < -0.39 is 17.4 Å². The Morgan fingerprint density at radius 1 is 1.00 bits per heavy atom. The van der Waals surface area contributed by atoms with E-state index in [-0.39, 0.29) is 5.56 Å². The maximum Gasteiger partial charge on any atom is 0.246 e. The number of Topliss-reactive ketones (excluding diaryl/α,β-unsaturated/α-hetero) is 1. The van der Waals surface area contributed by atoms with Crippen molar-refractivity contribution in [2.75, 3.05) is 0 Å². The number of carbonyl (C=O) groups excluding carboxylic acids is 2. The number of rotatable bonds is 5. The number of carbonyl (C=O) groups is 2. The number of benzene rings is 2. The summed E-state index contributed by atoms with van der Waals surface area (Å²) in [6.45, 7) is 3.34. The summed E-state index contributed by atoms with van der Waals surface area (Å²) in [5.74, 6) is -1.24. The minimum Gasteiger partial charge on any atom is -0.361 e. The second-order valence-electron chi connectivity index (χ2n) is 4.46. The van der Waals surface area contributed by atoms with Crippen LogP contribution in [0.1, 0.15) is 15.9 Å². The van der Waals surface area contributed by atoms with E-state index in [1.54, 1.807) is 60.7 Å². The molecule has 1 atom stereocenters. The first kappa shape index (κ1) is 14.7. The monoisotopic (exact) mass is 281 g/mol. The number of nitrogens with one attached hydrogen (secondary N) is 1. The van der Waals surface area contributed by atoms with Gasteiger partial charge in [-0.2, -0.15) is 0 Å². The van der Waals surface area contributed by atoms with Crippen LogP contribution in [0, 0.1) is 0 Å². The van der Waals surface area contributed by atoms with E-state index >= 15 is 0 Å². The van der Waals surface area contributed by atoms with E-state index in [0.717, 1.165) is 6.08 Å². The van der Waals surface area contributed by atoms with Crippen molar-refractivity contribution in [2.45, 2.75) is 5.72 Å². The number of aliphatic hydroxyl groups is 1. The standard InChI is InChI=1S/C17H15NO3/c1-2-15(19)18-17(21,14-11-7-4-8-12-14)16(20)13-9-5-3-6-10-13/h2-12,21H,1H2,(H,18,19). The molecule has 4 nitrogen and oxygen atoms in total. The van der Waals surface area contributed by atoms with E-state index in [1.165, 1.54) is 0 Å². The third kappa shape index (κ3) is 3.07. The van der Waals surface area contributed by atoms with Crippen molar-refractivity contribution in [1.82, 2.24) is 5.32 Å². The Balaban J connectivity index is 2.48. The second kappa shape index (κ2) is 6.15. The van der Waals surface area contributed by atoms with Gasteiger partial charge in [0.25, 0.3) is 0 Å². The van der Waals surface area contributed by atoms with Crippen molar-refractivity contribution in [3.05, 3.63) is 84.4 Å². The molecule has 0 spiro atoms. The third-order valence-electron chi connectivity index (χ3n) is 3.05. The highest BCUT2D eigenvalue weighted by Gasteiger charge is 2.39. The Hall–Kier alpha value is -2.72. The highest BCUT2D eigenvalue weighted by molar-refractivity contribution is 6.05. The van der Waals surface area contributed by atoms with Gasteiger partial charge in [0, 0.05) is 11.1 Å². The molecular formula is C17H15NO3. The lowest BCUT2D eigenvalue weighted by Crippen LogP contribution is -2.51. The molecule has 0 aliphatic carbocycles. The first-order valence-corrected chi connectivity index (χ1v) is 6.40. The van der Waals surface area contributed by atoms with Crippen LogP contribution in [0.25, 0.3) is 0 Å². The maximum atomic E-state index is 12.6. The van der Waals surface area contributed by atoms with Crippen LogP contribution in [-0.4, -0.2) is 16.8 Å². The largest absolute Gasteiger partial charge is 0.361 e. The Bertz CT molecular complexity index is 652. The fourth-order valence-electron chi connectivity index (χ4n) is 1.97. The molecule has 21 heavy (non-hydrogen) atoms. The van der Waals surface area contributed by atoms with E-state index in [1.807, 2.05) is 0 Å². The smallest absolute Gasteiger partial charge is 0.246 e. The first-order chi connectivity index (χ1) is 10.1. The predicted molar refractivity (Wildman–Crippen MR) is 79.5 cm³/mol. The molecule has 2 N–H and O–H groups in total. The van der Waals surface area contributed by atoms with Gasteiger partial charge in [-0.1, -0.05) is 67.2 Å². The van der Waals surface area contributed by atoms with Gasteiger partial charge in [0.2, 0.25) is 17.4 Å². The van der Waals surface area contributed by atoms with Gasteiger partial charge < -0.3 is 10.4 Å². The molecule has 2 aromatic carbocycles. The molecule has 0 saturated heterocycles. The zero-order valence-corrected chi connectivity index (χ0v) is 11.3. The fraction of sp³-hybridized carbons (Fsp3) is 0.0588. The first-order valence-electron chi connectivity index (χ1n) is 6.40. The third-order valence-corrected chi connectivity index (χ3v) is 3.05. The summed E-state index contributed by atoms with van der Waals surface area (Å²) in [7, 11) is 0. The zero-order chi connectivity index (χ0) is 15.3. The van der Waals surface area contributed by atoms with Gasteiger partial charge in [-0.3, -0.25) is 9.59 Å². The van der Waals surface area contributed by atoms with Crippen molar-refractivity contribution in [3.8, 4) is 0 Å². The maximum absolute atomic E-state index is 12.6. The molecule has 0 radical (unpaired) electrons. The minimum absolute atomic E-state index is 0.286. The minimum atomic E-state index is -2.13. The Labute approximate surface area is 122 Å². The van der Waals surface area contributed by atoms with E-state index in [4.69, 9.17) is 0 Å². The van der Waals surface area contributed by atoms with Crippen molar-refractivity contribution in [3.63, 3.8) is 0 Å². The summed E-state index contributed by atoms with van der Waals surface area (Å²) in [5, 5.41) is 13.1. The molecule has 1 unspecified atom stereocenters. The lowest BCUT2D eigenvalue weighted by Gasteiger charge is -2.27. The van der Waals surface area contributed by atoms with E-state index in [2.05, 4.69) is 11.9 Å². The number of amides is 1. The van der Waals surface area contributed by atoms with Gasteiger partial charge in [0.1, 0.15) is 0 Å². The van der Waals surface area contributed by atoms with Crippen molar-refractivity contribution in [1.29, 1.82) is 0 Å². The lowest BCUT2D eigenvalue weighted by molar-refractivity contribution is -0.122. The van der Waals surface area contributed by atoms with Gasteiger partial charge in [-0.05, 0) is 6.08 Å². The summed E-state index contributed by atoms with van der Waals surface area (Å²) >= 11 is 0. The average molecular weight is 281 g/mol. The highest BCUT2D eigenvalue weighted by atomic mass is 16.3. The van der Waals surface area contributed by atoms with E-state index in [0.29, 0.717) is 5.56 Å². The molecule has 0 heterocycles. The number of ketones is 1. The molecular weight excluding hydrogens is 266 g/mol. The summed E-state index contributed by atoms with van der Waals surface area (Å²) < 4.78 is 0. The van der Waals surface area contributed by atoms with Crippen molar-refractivity contribution >= 4 is 11.7 Å². The topological polar surface area (TPSA) is 66.4 Å². The number of hydrogen-bond donors (Lipinski definition) is 2. The molecule has 0 aromatic heterocycles. The zero-order valence-electron chi connectivity index (χ0n) is 11.3. The second-order valence-corrected chi connectivity index (χ2v) is 4.46. The molecule has 1 amide bonds. The molecule has 106 valence electrons. The molecule has 0 bridgehead atoms. The molecule has 0 saturated carbocycles. The van der Waals surface area contributed by atoms with Crippen LogP contribution in [-0.2, 0) is 10.5 Å². The van der Waals surface area contributed by atoms with Crippen LogP contribution in [0.2, 0.25) is 0 Å². The van der Waals surface area contributed by atoms with Crippen LogP contribution in [0.3, 0.4) is 0 Å². The molecule has 0 aliphatic heterocycles. The van der Waals surface area contributed by atoms with Gasteiger partial charge >= 0.3 is 0 Å². The molecule has 2 rings (SSSR count). The number of hydrogen-bond acceptors (Lipinski definition) is 3. The van der Waals surface area contributed by atoms with E-state index in [9.17, 15) is 14.7 Å². The van der Waals surface area contributed by atoms with Crippen LogP contribution in [0.5, 0.6) is 0 Å². The Morgan fingerprint density at radius 2 is 1.52 bits per heavy atom. The summed E-state index contributed by atoms with van der Waals surface area (Å²) in [4.78, 5) is 24.2. The van der Waals surface area contributed by atoms with Gasteiger partial charge in [-0.25, -0.2) is 0 Å². The van der Waals surface area contributed by atoms with Gasteiger partial charge in [0.05, 0.1) is 0 Å². The summed E-state index contributed by atoms with van der Waals surface area (Å²) in [6, 6.07) is 16.6.